The Morgan fingerprint density at radius 3 is 2.81 bits per heavy atom. The third kappa shape index (κ3) is 2.82. The molecule has 2 aromatic rings. The first-order chi connectivity index (χ1) is 7.92. The van der Waals surface area contributed by atoms with Gasteiger partial charge in [0, 0.05) is 24.3 Å². The van der Waals surface area contributed by atoms with Gasteiger partial charge in [-0.1, -0.05) is 25.1 Å². The maximum atomic E-state index is 3.46. The predicted molar refractivity (Wildman–Crippen MR) is 72.1 cm³/mol. The van der Waals surface area contributed by atoms with E-state index in [1.165, 1.54) is 15.6 Å². The summed E-state index contributed by atoms with van der Waals surface area (Å²) in [6.07, 6.45) is 0. The first-order valence-electron chi connectivity index (χ1n) is 5.78. The molecular formula is C13H18N2S. The summed E-state index contributed by atoms with van der Waals surface area (Å²) < 4.78 is 1.38. The molecule has 0 radical (unpaired) electrons. The van der Waals surface area contributed by atoms with Crippen LogP contribution in [-0.2, 0) is 6.54 Å². The molecule has 0 aliphatic heterocycles. The van der Waals surface area contributed by atoms with Crippen LogP contribution in [0.4, 0.5) is 0 Å². The number of thiophene rings is 1. The smallest absolute Gasteiger partial charge is 0.0346 e. The molecule has 0 aliphatic carbocycles. The average Bonchev–Trinajstić information content (AvgIpc) is 2.73. The van der Waals surface area contributed by atoms with Crippen molar-refractivity contribution in [2.75, 3.05) is 19.6 Å². The van der Waals surface area contributed by atoms with Gasteiger partial charge < -0.3 is 10.6 Å². The van der Waals surface area contributed by atoms with Crippen molar-refractivity contribution < 1.29 is 0 Å². The Morgan fingerprint density at radius 2 is 1.94 bits per heavy atom. The minimum atomic E-state index is 0.968. The molecule has 0 saturated heterocycles. The molecule has 2 nitrogen and oxygen atoms in total. The zero-order valence-electron chi connectivity index (χ0n) is 9.62. The van der Waals surface area contributed by atoms with Crippen molar-refractivity contribution in [3.8, 4) is 0 Å². The molecule has 3 heteroatoms. The molecule has 2 N–H and O–H groups in total. The number of hydrogen-bond donors (Lipinski definition) is 2. The second-order valence-corrected chi connectivity index (χ2v) is 4.70. The van der Waals surface area contributed by atoms with Crippen LogP contribution in [0.3, 0.4) is 0 Å². The van der Waals surface area contributed by atoms with Crippen molar-refractivity contribution >= 4 is 21.4 Å². The van der Waals surface area contributed by atoms with Crippen LogP contribution >= 0.6 is 11.3 Å². The maximum Gasteiger partial charge on any atom is 0.0346 e. The highest BCUT2D eigenvalue weighted by atomic mass is 32.1. The summed E-state index contributed by atoms with van der Waals surface area (Å²) in [5.74, 6) is 0. The molecule has 0 unspecified atom stereocenters. The van der Waals surface area contributed by atoms with Gasteiger partial charge in [-0.25, -0.2) is 0 Å². The fraction of sp³-hybridized carbons (Fsp3) is 0.385. The van der Waals surface area contributed by atoms with E-state index in [0.29, 0.717) is 0 Å². The van der Waals surface area contributed by atoms with Gasteiger partial charge in [-0.05, 0) is 28.9 Å². The van der Waals surface area contributed by atoms with Crippen molar-refractivity contribution in [3.63, 3.8) is 0 Å². The fourth-order valence-electron chi connectivity index (χ4n) is 1.75. The number of rotatable bonds is 6. The van der Waals surface area contributed by atoms with Gasteiger partial charge in [-0.2, -0.15) is 0 Å². The predicted octanol–water partition coefficient (Wildman–Crippen LogP) is 2.60. The van der Waals surface area contributed by atoms with Crippen LogP contribution in [0.25, 0.3) is 10.1 Å². The van der Waals surface area contributed by atoms with Gasteiger partial charge in [-0.3, -0.25) is 0 Å². The highest BCUT2D eigenvalue weighted by molar-refractivity contribution is 7.17. The van der Waals surface area contributed by atoms with E-state index in [9.17, 15) is 0 Å². The van der Waals surface area contributed by atoms with E-state index < -0.39 is 0 Å². The monoisotopic (exact) mass is 234 g/mol. The minimum Gasteiger partial charge on any atom is -0.316 e. The molecule has 1 aromatic heterocycles. The molecule has 0 bridgehead atoms. The van der Waals surface area contributed by atoms with Gasteiger partial charge in [0.1, 0.15) is 0 Å². The zero-order valence-corrected chi connectivity index (χ0v) is 10.4. The van der Waals surface area contributed by atoms with E-state index in [-0.39, 0.29) is 0 Å². The summed E-state index contributed by atoms with van der Waals surface area (Å²) in [6.45, 7) is 6.21. The Bertz CT molecular complexity index is 436. The molecule has 0 amide bonds. The molecule has 86 valence electrons. The number of fused-ring (bicyclic) bond motifs is 1. The molecule has 1 heterocycles. The molecule has 2 rings (SSSR count). The lowest BCUT2D eigenvalue weighted by Gasteiger charge is -2.04. The molecule has 0 aliphatic rings. The Labute approximate surface area is 101 Å². The van der Waals surface area contributed by atoms with Crippen LogP contribution < -0.4 is 10.6 Å². The summed E-state index contributed by atoms with van der Waals surface area (Å²) in [5.41, 5.74) is 1.41. The standard InChI is InChI=1S/C13H18N2S/c1-2-14-7-8-15-9-11-10-16-13-6-4-3-5-12(11)13/h3-6,10,14-15H,2,7-9H2,1H3. The van der Waals surface area contributed by atoms with E-state index in [1.54, 1.807) is 0 Å². The van der Waals surface area contributed by atoms with E-state index in [0.717, 1.165) is 26.2 Å². The maximum absolute atomic E-state index is 3.46. The van der Waals surface area contributed by atoms with Crippen LogP contribution in [0.15, 0.2) is 29.6 Å². The van der Waals surface area contributed by atoms with Gasteiger partial charge >= 0.3 is 0 Å². The van der Waals surface area contributed by atoms with Crippen LogP contribution in [0.2, 0.25) is 0 Å². The summed E-state index contributed by atoms with van der Waals surface area (Å²) in [6, 6.07) is 8.59. The van der Waals surface area contributed by atoms with E-state index in [4.69, 9.17) is 0 Å². The van der Waals surface area contributed by atoms with Gasteiger partial charge in [0.15, 0.2) is 0 Å². The topological polar surface area (TPSA) is 24.1 Å². The third-order valence-corrected chi connectivity index (χ3v) is 3.62. The fourth-order valence-corrected chi connectivity index (χ4v) is 2.71. The number of likely N-dealkylation sites (N-methyl/N-ethyl adjacent to an activating group) is 1. The Kier molecular flexibility index (Phi) is 4.34. The van der Waals surface area contributed by atoms with Crippen molar-refractivity contribution in [1.82, 2.24) is 10.6 Å². The molecule has 0 saturated carbocycles. The van der Waals surface area contributed by atoms with E-state index in [2.05, 4.69) is 47.2 Å². The van der Waals surface area contributed by atoms with E-state index in [1.807, 2.05) is 11.3 Å². The molecule has 1 aromatic carbocycles. The first-order valence-corrected chi connectivity index (χ1v) is 6.66. The molecule has 16 heavy (non-hydrogen) atoms. The van der Waals surface area contributed by atoms with Gasteiger partial charge in [0.05, 0.1) is 0 Å². The average molecular weight is 234 g/mol. The Balaban J connectivity index is 1.89. The number of hydrogen-bond acceptors (Lipinski definition) is 3. The summed E-state index contributed by atoms with van der Waals surface area (Å²) in [4.78, 5) is 0. The second kappa shape index (κ2) is 5.99. The van der Waals surface area contributed by atoms with Gasteiger partial charge in [-0.15, -0.1) is 11.3 Å². The van der Waals surface area contributed by atoms with E-state index >= 15 is 0 Å². The second-order valence-electron chi connectivity index (χ2n) is 3.79. The SMILES string of the molecule is CCNCCNCc1csc2ccccc12. The third-order valence-electron chi connectivity index (χ3n) is 2.61. The van der Waals surface area contributed by atoms with Crippen LogP contribution in [-0.4, -0.2) is 19.6 Å². The summed E-state index contributed by atoms with van der Waals surface area (Å²) >= 11 is 1.83. The molecule has 0 atom stereocenters. The van der Waals surface area contributed by atoms with Gasteiger partial charge in [0.2, 0.25) is 0 Å². The van der Waals surface area contributed by atoms with Crippen molar-refractivity contribution in [2.24, 2.45) is 0 Å². The van der Waals surface area contributed by atoms with Gasteiger partial charge in [0.25, 0.3) is 0 Å². The largest absolute Gasteiger partial charge is 0.316 e. The summed E-state index contributed by atoms with van der Waals surface area (Å²) in [5, 5.41) is 10.4. The van der Waals surface area contributed by atoms with Crippen LogP contribution in [0, 0.1) is 0 Å². The molecule has 0 fully saturated rings. The van der Waals surface area contributed by atoms with Crippen molar-refractivity contribution in [1.29, 1.82) is 0 Å². The highest BCUT2D eigenvalue weighted by Gasteiger charge is 2.01. The Morgan fingerprint density at radius 1 is 1.12 bits per heavy atom. The minimum absolute atomic E-state index is 0.968. The number of benzene rings is 1. The van der Waals surface area contributed by atoms with Crippen LogP contribution in [0.1, 0.15) is 12.5 Å². The highest BCUT2D eigenvalue weighted by Crippen LogP contribution is 2.25. The molecule has 0 spiro atoms. The van der Waals surface area contributed by atoms with Crippen molar-refractivity contribution in [3.05, 3.63) is 35.2 Å². The normalized spacial score (nSPS) is 11.1. The lowest BCUT2D eigenvalue weighted by molar-refractivity contribution is 0.627. The zero-order chi connectivity index (χ0) is 11.2. The molecular weight excluding hydrogens is 216 g/mol. The quantitative estimate of drug-likeness (QED) is 0.751. The van der Waals surface area contributed by atoms with Crippen molar-refractivity contribution in [2.45, 2.75) is 13.5 Å². The summed E-state index contributed by atoms with van der Waals surface area (Å²) in [7, 11) is 0. The van der Waals surface area contributed by atoms with Crippen LogP contribution in [0.5, 0.6) is 0 Å². The Hall–Kier alpha value is -0.900. The lowest BCUT2D eigenvalue weighted by Crippen LogP contribution is -2.26. The first kappa shape index (κ1) is 11.6. The number of nitrogens with one attached hydrogen (secondary N) is 2. The lowest BCUT2D eigenvalue weighted by atomic mass is 10.2.